The van der Waals surface area contributed by atoms with Crippen molar-refractivity contribution in [3.05, 3.63) is 30.0 Å². The Morgan fingerprint density at radius 3 is 2.86 bits per heavy atom. The van der Waals surface area contributed by atoms with Gasteiger partial charge < -0.3 is 5.32 Å². The van der Waals surface area contributed by atoms with Crippen LogP contribution < -0.4 is 5.32 Å². The second-order valence-corrected chi connectivity index (χ2v) is 7.29. The molecule has 0 aliphatic carbocycles. The summed E-state index contributed by atoms with van der Waals surface area (Å²) in [5.74, 6) is 3.57. The Morgan fingerprint density at radius 2 is 2.10 bits per heavy atom. The molecule has 1 aromatic heterocycles. The highest BCUT2D eigenvalue weighted by Crippen LogP contribution is 2.27. The van der Waals surface area contributed by atoms with Crippen molar-refractivity contribution in [3.63, 3.8) is 0 Å². The van der Waals surface area contributed by atoms with Gasteiger partial charge in [-0.2, -0.15) is 16.9 Å². The zero-order chi connectivity index (χ0) is 14.7. The molecule has 1 saturated heterocycles. The minimum absolute atomic E-state index is 0.538. The van der Waals surface area contributed by atoms with E-state index in [1.54, 1.807) is 0 Å². The number of hydrogen-bond acceptors (Lipinski definition) is 3. The molecule has 1 aliphatic rings. The van der Waals surface area contributed by atoms with Gasteiger partial charge in [-0.3, -0.25) is 4.68 Å². The Hall–Kier alpha value is -1.00. The predicted molar refractivity (Wildman–Crippen MR) is 91.9 cm³/mol. The van der Waals surface area contributed by atoms with Crippen LogP contribution in [-0.4, -0.2) is 34.4 Å². The average Bonchev–Trinajstić information content (AvgIpc) is 2.84. The molecule has 0 saturated carbocycles. The highest BCUT2D eigenvalue weighted by molar-refractivity contribution is 7.99. The fraction of sp³-hybridized carbons (Fsp3) is 0.588. The number of rotatable bonds is 5. The van der Waals surface area contributed by atoms with Crippen LogP contribution in [0.25, 0.3) is 10.9 Å². The Morgan fingerprint density at radius 1 is 1.33 bits per heavy atom. The number of nitrogens with zero attached hydrogens (tertiary/aromatic N) is 2. The van der Waals surface area contributed by atoms with E-state index >= 15 is 0 Å². The summed E-state index contributed by atoms with van der Waals surface area (Å²) in [6, 6.07) is 9.08. The summed E-state index contributed by atoms with van der Waals surface area (Å²) in [4.78, 5) is 0. The third-order valence-corrected chi connectivity index (χ3v) is 5.69. The summed E-state index contributed by atoms with van der Waals surface area (Å²) in [5.41, 5.74) is 2.47. The van der Waals surface area contributed by atoms with E-state index in [1.165, 1.54) is 47.4 Å². The van der Waals surface area contributed by atoms with Gasteiger partial charge in [0, 0.05) is 24.9 Å². The van der Waals surface area contributed by atoms with Gasteiger partial charge in [-0.15, -0.1) is 0 Å². The highest BCUT2D eigenvalue weighted by atomic mass is 32.2. The van der Waals surface area contributed by atoms with E-state index in [-0.39, 0.29) is 0 Å². The lowest BCUT2D eigenvalue weighted by molar-refractivity contribution is 0.374. The van der Waals surface area contributed by atoms with E-state index < -0.39 is 0 Å². The number of nitrogens with one attached hydrogen (secondary N) is 1. The Balaban J connectivity index is 1.73. The van der Waals surface area contributed by atoms with Crippen LogP contribution in [0.1, 0.15) is 25.0 Å². The van der Waals surface area contributed by atoms with Gasteiger partial charge in [-0.1, -0.05) is 18.2 Å². The predicted octanol–water partition coefficient (Wildman–Crippen LogP) is 3.24. The third-order valence-electron chi connectivity index (χ3n) is 4.64. The number of aryl methyl sites for hydroxylation is 1. The average molecular weight is 303 g/mol. The molecule has 3 rings (SSSR count). The Kier molecular flexibility index (Phi) is 4.86. The van der Waals surface area contributed by atoms with Crippen molar-refractivity contribution >= 4 is 22.7 Å². The van der Waals surface area contributed by atoms with E-state index in [9.17, 15) is 0 Å². The minimum atomic E-state index is 0.538. The second-order valence-electron chi connectivity index (χ2n) is 6.07. The maximum absolute atomic E-state index is 4.74. The van der Waals surface area contributed by atoms with Gasteiger partial charge in [0.1, 0.15) is 0 Å². The van der Waals surface area contributed by atoms with Crippen LogP contribution in [0.2, 0.25) is 0 Å². The fourth-order valence-corrected chi connectivity index (χ4v) is 4.56. The van der Waals surface area contributed by atoms with Crippen molar-refractivity contribution in [2.45, 2.75) is 31.7 Å². The first-order valence-corrected chi connectivity index (χ1v) is 9.09. The quantitative estimate of drug-likeness (QED) is 0.919. The molecule has 1 unspecified atom stereocenters. The van der Waals surface area contributed by atoms with Crippen molar-refractivity contribution in [1.82, 2.24) is 15.1 Å². The van der Waals surface area contributed by atoms with E-state index in [2.05, 4.69) is 48.4 Å². The van der Waals surface area contributed by atoms with E-state index in [1.807, 2.05) is 11.7 Å². The van der Waals surface area contributed by atoms with Gasteiger partial charge >= 0.3 is 0 Å². The smallest absolute Gasteiger partial charge is 0.0718 e. The van der Waals surface area contributed by atoms with Gasteiger partial charge in [-0.05, 0) is 49.8 Å². The first-order valence-electron chi connectivity index (χ1n) is 7.93. The van der Waals surface area contributed by atoms with E-state index in [4.69, 9.17) is 5.10 Å². The maximum Gasteiger partial charge on any atom is 0.0718 e. The molecule has 21 heavy (non-hydrogen) atoms. The lowest BCUT2D eigenvalue weighted by Crippen LogP contribution is -2.31. The molecule has 0 radical (unpaired) electrons. The molecule has 2 aromatic rings. The van der Waals surface area contributed by atoms with Crippen LogP contribution >= 0.6 is 11.8 Å². The molecular formula is C17H25N3S. The number of likely N-dealkylation sites (N-methyl/N-ethyl adjacent to an activating group) is 1. The molecule has 2 heterocycles. The van der Waals surface area contributed by atoms with Crippen molar-refractivity contribution < 1.29 is 0 Å². The van der Waals surface area contributed by atoms with Crippen LogP contribution in [0.15, 0.2) is 24.3 Å². The van der Waals surface area contributed by atoms with Crippen molar-refractivity contribution in [2.75, 3.05) is 18.6 Å². The van der Waals surface area contributed by atoms with Gasteiger partial charge in [0.15, 0.2) is 0 Å². The third kappa shape index (κ3) is 3.43. The first-order chi connectivity index (χ1) is 10.3. The van der Waals surface area contributed by atoms with Crippen LogP contribution in [0.3, 0.4) is 0 Å². The molecule has 0 bridgehead atoms. The van der Waals surface area contributed by atoms with Crippen molar-refractivity contribution in [1.29, 1.82) is 0 Å². The topological polar surface area (TPSA) is 29.9 Å². The number of hydrogen-bond donors (Lipinski definition) is 1. The molecule has 4 heteroatoms. The number of fused-ring (bicyclic) bond motifs is 1. The second kappa shape index (κ2) is 6.84. The number of para-hydroxylation sites is 1. The van der Waals surface area contributed by atoms with E-state index in [0.29, 0.717) is 6.04 Å². The van der Waals surface area contributed by atoms with Gasteiger partial charge in [-0.25, -0.2) is 0 Å². The Bertz CT molecular complexity index is 587. The van der Waals surface area contributed by atoms with Crippen molar-refractivity contribution in [2.24, 2.45) is 13.0 Å². The molecule has 0 spiro atoms. The molecular weight excluding hydrogens is 278 g/mol. The molecule has 0 amide bonds. The fourth-order valence-electron chi connectivity index (χ4n) is 3.36. The largest absolute Gasteiger partial charge is 0.317 e. The van der Waals surface area contributed by atoms with Gasteiger partial charge in [0.05, 0.1) is 11.2 Å². The molecule has 1 N–H and O–H groups in total. The summed E-state index contributed by atoms with van der Waals surface area (Å²) in [6.07, 6.45) is 5.07. The van der Waals surface area contributed by atoms with Crippen LogP contribution in [0.5, 0.6) is 0 Å². The van der Waals surface area contributed by atoms with Gasteiger partial charge in [0.2, 0.25) is 0 Å². The number of thioether (sulfide) groups is 1. The maximum atomic E-state index is 4.74. The zero-order valence-corrected chi connectivity index (χ0v) is 13.8. The standard InChI is InChI=1S/C17H25N3S/c1-18-14(11-13-7-9-21-10-8-13)12-16-15-5-3-4-6-17(15)20(2)19-16/h3-6,13-14,18H,7-12H2,1-2H3. The van der Waals surface area contributed by atoms with Crippen LogP contribution in [0, 0.1) is 5.92 Å². The zero-order valence-electron chi connectivity index (χ0n) is 13.0. The normalized spacial score (nSPS) is 18.2. The van der Waals surface area contributed by atoms with Crippen molar-refractivity contribution in [3.8, 4) is 0 Å². The highest BCUT2D eigenvalue weighted by Gasteiger charge is 2.20. The summed E-state index contributed by atoms with van der Waals surface area (Å²) >= 11 is 2.11. The lowest BCUT2D eigenvalue weighted by Gasteiger charge is -2.25. The monoisotopic (exact) mass is 303 g/mol. The lowest BCUT2D eigenvalue weighted by atomic mass is 9.92. The van der Waals surface area contributed by atoms with Gasteiger partial charge in [0.25, 0.3) is 0 Å². The molecule has 1 aliphatic heterocycles. The molecule has 3 nitrogen and oxygen atoms in total. The molecule has 1 fully saturated rings. The molecule has 1 atom stereocenters. The van der Waals surface area contributed by atoms with E-state index in [0.717, 1.165) is 12.3 Å². The summed E-state index contributed by atoms with van der Waals surface area (Å²) in [5, 5.41) is 9.56. The molecule has 114 valence electrons. The van der Waals surface area contributed by atoms with Crippen LogP contribution in [-0.2, 0) is 13.5 Å². The Labute approximate surface area is 131 Å². The number of benzene rings is 1. The first kappa shape index (κ1) is 14.9. The molecule has 1 aromatic carbocycles. The van der Waals surface area contributed by atoms with Crippen LogP contribution in [0.4, 0.5) is 0 Å². The minimum Gasteiger partial charge on any atom is -0.317 e. The number of aromatic nitrogens is 2. The summed E-state index contributed by atoms with van der Waals surface area (Å²) in [7, 11) is 4.13. The SMILES string of the molecule is CNC(Cc1nn(C)c2ccccc12)CC1CCSCC1. The summed E-state index contributed by atoms with van der Waals surface area (Å²) in [6.45, 7) is 0. The summed E-state index contributed by atoms with van der Waals surface area (Å²) < 4.78 is 2.01.